The maximum absolute atomic E-state index is 6.70. The molecule has 0 unspecified atom stereocenters. The highest BCUT2D eigenvalue weighted by molar-refractivity contribution is 6.25. The molecule has 13 aromatic rings. The molecule has 5 nitrogen and oxygen atoms in total. The normalized spacial score (nSPS) is 11.5. The summed E-state index contributed by atoms with van der Waals surface area (Å²) in [6.45, 7) is 0. The van der Waals surface area contributed by atoms with Crippen molar-refractivity contribution < 1.29 is 4.42 Å². The molecule has 0 amide bonds. The third kappa shape index (κ3) is 6.76. The van der Waals surface area contributed by atoms with E-state index in [-0.39, 0.29) is 0 Å². The fourth-order valence-electron chi connectivity index (χ4n) is 9.87. The molecule has 0 atom stereocenters. The lowest BCUT2D eigenvalue weighted by atomic mass is 9.89. The van der Waals surface area contributed by atoms with E-state index >= 15 is 0 Å². The first-order valence-corrected chi connectivity index (χ1v) is 22.9. The summed E-state index contributed by atoms with van der Waals surface area (Å²) in [5.41, 5.74) is 16.6. The summed E-state index contributed by atoms with van der Waals surface area (Å²) in [5.74, 6) is 1.80. The number of aromatic nitrogens is 4. The maximum Gasteiger partial charge on any atom is 0.164 e. The van der Waals surface area contributed by atoms with E-state index < -0.39 is 0 Å². The Labute approximate surface area is 392 Å². The smallest absolute Gasteiger partial charge is 0.164 e. The van der Waals surface area contributed by atoms with E-state index in [9.17, 15) is 0 Å². The first-order valence-electron chi connectivity index (χ1n) is 22.9. The van der Waals surface area contributed by atoms with Gasteiger partial charge in [-0.3, -0.25) is 0 Å². The van der Waals surface area contributed by atoms with Crippen LogP contribution in [0, 0.1) is 0 Å². The third-order valence-electron chi connectivity index (χ3n) is 13.1. The summed E-state index contributed by atoms with van der Waals surface area (Å²) >= 11 is 0. The van der Waals surface area contributed by atoms with Crippen LogP contribution in [0.2, 0.25) is 0 Å². The number of fused-ring (bicyclic) bond motifs is 7. The third-order valence-corrected chi connectivity index (χ3v) is 13.1. The van der Waals surface area contributed by atoms with Gasteiger partial charge in [0.15, 0.2) is 17.5 Å². The molecule has 0 radical (unpaired) electrons. The van der Waals surface area contributed by atoms with Gasteiger partial charge in [-0.05, 0) is 99.1 Å². The second-order valence-corrected chi connectivity index (χ2v) is 17.1. The van der Waals surface area contributed by atoms with Gasteiger partial charge in [0.05, 0.1) is 16.4 Å². The summed E-state index contributed by atoms with van der Waals surface area (Å²) < 4.78 is 9.08. The number of furan rings is 1. The minimum atomic E-state index is 0.586. The van der Waals surface area contributed by atoms with Crippen LogP contribution in [0.5, 0.6) is 0 Å². The summed E-state index contributed by atoms with van der Waals surface area (Å²) in [6.07, 6.45) is 0. The Balaban J connectivity index is 1.07. The Bertz CT molecular complexity index is 3940. The van der Waals surface area contributed by atoms with Crippen LogP contribution >= 0.6 is 0 Å². The molecule has 0 aliphatic rings. The highest BCUT2D eigenvalue weighted by atomic mass is 16.3. The first-order chi connectivity index (χ1) is 33.7. The quantitative estimate of drug-likeness (QED) is 0.153. The van der Waals surface area contributed by atoms with Crippen LogP contribution in [0.3, 0.4) is 0 Å². The summed E-state index contributed by atoms with van der Waals surface area (Å²) in [5, 5.41) is 4.48. The Hall–Kier alpha value is -9.19. The van der Waals surface area contributed by atoms with Gasteiger partial charge in [-0.25, -0.2) is 15.0 Å². The van der Waals surface area contributed by atoms with Crippen molar-refractivity contribution in [2.24, 2.45) is 0 Å². The van der Waals surface area contributed by atoms with Gasteiger partial charge in [-0.2, -0.15) is 0 Å². The molecule has 0 aliphatic heterocycles. The molecule has 10 aromatic carbocycles. The second kappa shape index (κ2) is 16.4. The van der Waals surface area contributed by atoms with Crippen LogP contribution < -0.4 is 0 Å². The summed E-state index contributed by atoms with van der Waals surface area (Å²) in [4.78, 5) is 15.7. The predicted molar refractivity (Wildman–Crippen MR) is 279 cm³/mol. The SMILES string of the molecule is c1ccc(-c2nc(-c3ccccc3)nc(-c3cc(-c4ccc(-c5ccccc5)c(-c5ccccc5)c4)ccc3-c3ccc4oc5ccc6c7ccccc7n(-c7ccccc7)c6c5c4c3)n2)cc1. The highest BCUT2D eigenvalue weighted by Crippen LogP contribution is 2.44. The number of rotatable bonds is 8. The van der Waals surface area contributed by atoms with Crippen LogP contribution in [0.25, 0.3) is 128 Å². The van der Waals surface area contributed by atoms with Crippen molar-refractivity contribution in [2.75, 3.05) is 0 Å². The van der Waals surface area contributed by atoms with E-state index in [1.54, 1.807) is 0 Å². The topological polar surface area (TPSA) is 56.7 Å². The van der Waals surface area contributed by atoms with Gasteiger partial charge in [0.1, 0.15) is 11.2 Å². The minimum Gasteiger partial charge on any atom is -0.456 e. The number of nitrogens with zero attached hydrogens (tertiary/aromatic N) is 4. The number of hydrogen-bond donors (Lipinski definition) is 0. The van der Waals surface area contributed by atoms with Crippen molar-refractivity contribution in [3.63, 3.8) is 0 Å². The van der Waals surface area contributed by atoms with E-state index in [4.69, 9.17) is 19.4 Å². The monoisotopic (exact) mass is 868 g/mol. The molecular weight excluding hydrogens is 829 g/mol. The molecule has 0 bridgehead atoms. The molecule has 13 rings (SSSR count). The first kappa shape index (κ1) is 39.2. The molecule has 318 valence electrons. The standard InChI is InChI=1S/C63H40N4O/c1-6-18-41(19-7-1)49-33-30-45(38-53(49)42-20-8-2-9-21-42)46-31-34-50(54(39-46)63-65-61(43-22-10-3-11-23-43)64-62(66-63)44-24-12-4-13-25-44)47-32-36-57-55(40-47)59-58(68-57)37-35-52-51-28-16-17-29-56(51)67(60(52)59)48-26-14-5-15-27-48/h1-40H. The summed E-state index contributed by atoms with van der Waals surface area (Å²) in [6, 6.07) is 85.2. The molecule has 0 saturated heterocycles. The van der Waals surface area contributed by atoms with Crippen molar-refractivity contribution in [2.45, 2.75) is 0 Å². The predicted octanol–water partition coefficient (Wildman–Crippen LogP) is 16.5. The lowest BCUT2D eigenvalue weighted by Gasteiger charge is -2.16. The molecule has 68 heavy (non-hydrogen) atoms. The van der Waals surface area contributed by atoms with Crippen molar-refractivity contribution in [1.82, 2.24) is 19.5 Å². The van der Waals surface area contributed by atoms with E-state index in [0.29, 0.717) is 17.5 Å². The fraction of sp³-hybridized carbons (Fsp3) is 0. The number of benzene rings is 10. The van der Waals surface area contributed by atoms with Gasteiger partial charge in [-0.15, -0.1) is 0 Å². The lowest BCUT2D eigenvalue weighted by molar-refractivity contribution is 0.669. The second-order valence-electron chi connectivity index (χ2n) is 17.1. The molecule has 0 fully saturated rings. The lowest BCUT2D eigenvalue weighted by Crippen LogP contribution is -2.01. The Kier molecular flexibility index (Phi) is 9.43. The van der Waals surface area contributed by atoms with Gasteiger partial charge in [0.2, 0.25) is 0 Å². The van der Waals surface area contributed by atoms with Crippen molar-refractivity contribution in [1.29, 1.82) is 0 Å². The van der Waals surface area contributed by atoms with E-state index in [1.165, 1.54) is 21.9 Å². The molecule has 3 aromatic heterocycles. The minimum absolute atomic E-state index is 0.586. The fourth-order valence-corrected chi connectivity index (χ4v) is 9.87. The van der Waals surface area contributed by atoms with Crippen LogP contribution in [0.4, 0.5) is 0 Å². The average molecular weight is 869 g/mol. The zero-order valence-electron chi connectivity index (χ0n) is 36.8. The maximum atomic E-state index is 6.70. The van der Waals surface area contributed by atoms with Crippen LogP contribution in [-0.2, 0) is 0 Å². The zero-order valence-corrected chi connectivity index (χ0v) is 36.8. The Morgan fingerprint density at radius 3 is 1.41 bits per heavy atom. The van der Waals surface area contributed by atoms with Crippen LogP contribution in [-0.4, -0.2) is 19.5 Å². The number of hydrogen-bond acceptors (Lipinski definition) is 4. The highest BCUT2D eigenvalue weighted by Gasteiger charge is 2.22. The molecule has 0 saturated carbocycles. The molecule has 5 heteroatoms. The van der Waals surface area contributed by atoms with E-state index in [1.807, 2.05) is 36.4 Å². The largest absolute Gasteiger partial charge is 0.456 e. The molecule has 0 N–H and O–H groups in total. The van der Waals surface area contributed by atoms with E-state index in [0.717, 1.165) is 88.7 Å². The van der Waals surface area contributed by atoms with Gasteiger partial charge >= 0.3 is 0 Å². The zero-order chi connectivity index (χ0) is 45.0. The van der Waals surface area contributed by atoms with Gasteiger partial charge in [0.25, 0.3) is 0 Å². The van der Waals surface area contributed by atoms with Gasteiger partial charge in [0, 0.05) is 38.5 Å². The van der Waals surface area contributed by atoms with Gasteiger partial charge < -0.3 is 8.98 Å². The van der Waals surface area contributed by atoms with Gasteiger partial charge in [-0.1, -0.05) is 188 Å². The number of para-hydroxylation sites is 2. The molecular formula is C63H40N4O. The molecule has 0 spiro atoms. The molecule has 0 aliphatic carbocycles. The Morgan fingerprint density at radius 2 is 0.779 bits per heavy atom. The van der Waals surface area contributed by atoms with Crippen molar-refractivity contribution >= 4 is 43.7 Å². The van der Waals surface area contributed by atoms with Crippen LogP contribution in [0.15, 0.2) is 247 Å². The van der Waals surface area contributed by atoms with Crippen molar-refractivity contribution in [3.8, 4) is 84.4 Å². The average Bonchev–Trinajstić information content (AvgIpc) is 3.97. The van der Waals surface area contributed by atoms with Crippen molar-refractivity contribution in [3.05, 3.63) is 243 Å². The van der Waals surface area contributed by atoms with E-state index in [2.05, 4.69) is 211 Å². The Morgan fingerprint density at radius 1 is 0.294 bits per heavy atom. The molecule has 3 heterocycles. The van der Waals surface area contributed by atoms with Crippen LogP contribution in [0.1, 0.15) is 0 Å². The summed E-state index contributed by atoms with van der Waals surface area (Å²) in [7, 11) is 0.